The average Bonchev–Trinajstić information content (AvgIpc) is 3.21. The van der Waals surface area contributed by atoms with Crippen molar-refractivity contribution in [2.45, 2.75) is 92.8 Å². The minimum Gasteiger partial charge on any atom is -0.478 e. The van der Waals surface area contributed by atoms with Crippen molar-refractivity contribution in [1.29, 1.82) is 0 Å². The molecule has 0 aromatic rings. The zero-order chi connectivity index (χ0) is 26.8. The van der Waals surface area contributed by atoms with Crippen molar-refractivity contribution in [1.82, 2.24) is 4.90 Å². The number of ketones is 1. The molecule has 1 unspecified atom stereocenters. The number of nitrogens with zero attached hydrogens (tertiary/aromatic N) is 1. The zero-order valence-corrected chi connectivity index (χ0v) is 23.0. The molecule has 2 aliphatic carbocycles. The van der Waals surface area contributed by atoms with Crippen molar-refractivity contribution in [3.8, 4) is 11.8 Å². The molecule has 2 fully saturated rings. The first-order valence-electron chi connectivity index (χ1n) is 13.4. The predicted molar refractivity (Wildman–Crippen MR) is 140 cm³/mol. The topological polar surface area (TPSA) is 83.9 Å². The SMILES string of the molecule is CC1CCC(C(=O)C(C2=C(C(=O)O)CC(C#CC(C)(C)C)=C2)[C@@H](C)C(=O)N2C[C@@H](C)O[C@@H](C)C2)CC1. The van der Waals surface area contributed by atoms with Gasteiger partial charge in [0, 0.05) is 47.9 Å². The van der Waals surface area contributed by atoms with Crippen LogP contribution in [-0.2, 0) is 19.1 Å². The van der Waals surface area contributed by atoms with E-state index in [9.17, 15) is 19.5 Å². The molecule has 4 atom stereocenters. The summed E-state index contributed by atoms with van der Waals surface area (Å²) >= 11 is 0. The second-order valence-electron chi connectivity index (χ2n) is 12.2. The number of ether oxygens (including phenoxy) is 1. The number of rotatable bonds is 6. The summed E-state index contributed by atoms with van der Waals surface area (Å²) in [6, 6.07) is 0. The number of carboxylic acid groups (broad SMARTS) is 1. The molecular formula is C30H43NO5. The van der Waals surface area contributed by atoms with E-state index < -0.39 is 17.8 Å². The Kier molecular flexibility index (Phi) is 8.88. The molecule has 1 aliphatic heterocycles. The van der Waals surface area contributed by atoms with Gasteiger partial charge >= 0.3 is 5.97 Å². The lowest BCUT2D eigenvalue weighted by molar-refractivity contribution is -0.150. The summed E-state index contributed by atoms with van der Waals surface area (Å²) in [6.07, 6.45) is 5.34. The van der Waals surface area contributed by atoms with Gasteiger partial charge in [0.25, 0.3) is 0 Å². The molecule has 3 aliphatic rings. The lowest BCUT2D eigenvalue weighted by Crippen LogP contribution is -2.51. The maximum Gasteiger partial charge on any atom is 0.332 e. The maximum atomic E-state index is 14.1. The standard InChI is InChI=1S/C30H43NO5/c1-18-8-10-23(11-9-18)27(32)26(21(4)28(33)31-16-19(2)36-20(3)17-31)24-14-22(12-13-30(5,6)7)15-25(24)29(34)35/h14,18-21,23,26H,8-11,15-17H2,1-7H3,(H,34,35)/t18?,19-,20+,21-,23?,26?/m1/s1. The first-order chi connectivity index (χ1) is 16.8. The summed E-state index contributed by atoms with van der Waals surface area (Å²) in [5.74, 6) is 4.16. The van der Waals surface area contributed by atoms with E-state index in [1.54, 1.807) is 17.9 Å². The van der Waals surface area contributed by atoms with Gasteiger partial charge in [0.2, 0.25) is 5.91 Å². The Balaban J connectivity index is 2.00. The third kappa shape index (κ3) is 6.88. The van der Waals surface area contributed by atoms with Gasteiger partial charge in [-0.25, -0.2) is 4.79 Å². The molecule has 6 nitrogen and oxygen atoms in total. The van der Waals surface area contributed by atoms with E-state index >= 15 is 0 Å². The van der Waals surface area contributed by atoms with Gasteiger partial charge in [-0.2, -0.15) is 0 Å². The summed E-state index contributed by atoms with van der Waals surface area (Å²) < 4.78 is 5.80. The molecule has 1 heterocycles. The quantitative estimate of drug-likeness (QED) is 0.520. The number of carbonyl (C=O) groups is 3. The van der Waals surface area contributed by atoms with Crippen LogP contribution in [0.5, 0.6) is 0 Å². The second-order valence-corrected chi connectivity index (χ2v) is 12.2. The molecule has 198 valence electrons. The number of morpholine rings is 1. The Morgan fingerprint density at radius 1 is 1.06 bits per heavy atom. The van der Waals surface area contributed by atoms with Crippen molar-refractivity contribution >= 4 is 17.7 Å². The van der Waals surface area contributed by atoms with E-state index in [2.05, 4.69) is 18.8 Å². The molecule has 36 heavy (non-hydrogen) atoms. The summed E-state index contributed by atoms with van der Waals surface area (Å²) in [6.45, 7) is 14.8. The van der Waals surface area contributed by atoms with Crippen LogP contribution in [0.3, 0.4) is 0 Å². The largest absolute Gasteiger partial charge is 0.478 e. The minimum atomic E-state index is -1.04. The van der Waals surface area contributed by atoms with Crippen LogP contribution in [0.2, 0.25) is 0 Å². The third-order valence-corrected chi connectivity index (χ3v) is 7.58. The highest BCUT2D eigenvalue weighted by Crippen LogP contribution is 2.40. The van der Waals surface area contributed by atoms with E-state index in [0.717, 1.165) is 25.7 Å². The van der Waals surface area contributed by atoms with Gasteiger partial charge in [-0.15, -0.1) is 0 Å². The van der Waals surface area contributed by atoms with Gasteiger partial charge in [0.05, 0.1) is 18.1 Å². The van der Waals surface area contributed by atoms with Crippen molar-refractivity contribution in [2.75, 3.05) is 13.1 Å². The number of hydrogen-bond donors (Lipinski definition) is 1. The Morgan fingerprint density at radius 2 is 1.64 bits per heavy atom. The molecular weight excluding hydrogens is 454 g/mol. The second kappa shape index (κ2) is 11.3. The van der Waals surface area contributed by atoms with Crippen LogP contribution in [0.4, 0.5) is 0 Å². The maximum absolute atomic E-state index is 14.1. The number of allylic oxidation sites excluding steroid dienone is 3. The van der Waals surface area contributed by atoms with Crippen LogP contribution in [0.1, 0.15) is 80.6 Å². The van der Waals surface area contributed by atoms with Crippen molar-refractivity contribution in [2.24, 2.45) is 29.1 Å². The Labute approximate surface area is 216 Å². The Morgan fingerprint density at radius 3 is 2.17 bits per heavy atom. The first kappa shape index (κ1) is 28.2. The fourth-order valence-corrected chi connectivity index (χ4v) is 5.70. The number of aliphatic carboxylic acids is 1. The van der Waals surface area contributed by atoms with Crippen LogP contribution >= 0.6 is 0 Å². The third-order valence-electron chi connectivity index (χ3n) is 7.58. The van der Waals surface area contributed by atoms with Gasteiger partial charge in [0.15, 0.2) is 0 Å². The van der Waals surface area contributed by atoms with Gasteiger partial charge in [-0.05, 0) is 65.0 Å². The molecule has 0 bridgehead atoms. The fraction of sp³-hybridized carbons (Fsp3) is 0.700. The van der Waals surface area contributed by atoms with Crippen molar-refractivity contribution in [3.63, 3.8) is 0 Å². The average molecular weight is 498 g/mol. The highest BCUT2D eigenvalue weighted by atomic mass is 16.5. The van der Waals surface area contributed by atoms with Gasteiger partial charge in [0.1, 0.15) is 5.78 Å². The molecule has 0 spiro atoms. The molecule has 6 heteroatoms. The zero-order valence-electron chi connectivity index (χ0n) is 23.0. The first-order valence-corrected chi connectivity index (χ1v) is 13.4. The Hall–Kier alpha value is -2.39. The van der Waals surface area contributed by atoms with E-state index in [1.165, 1.54) is 0 Å². The molecule has 1 N–H and O–H groups in total. The number of Topliss-reactive ketones (excluding diaryl/α,β-unsaturated/α-hetero) is 1. The fourth-order valence-electron chi connectivity index (χ4n) is 5.70. The van der Waals surface area contributed by atoms with Crippen molar-refractivity contribution < 1.29 is 24.2 Å². The van der Waals surface area contributed by atoms with Crippen LogP contribution in [0, 0.1) is 40.9 Å². The molecule has 0 aromatic carbocycles. The monoisotopic (exact) mass is 497 g/mol. The van der Waals surface area contributed by atoms with E-state index in [4.69, 9.17) is 4.74 Å². The lowest BCUT2D eigenvalue weighted by Gasteiger charge is -2.38. The molecule has 0 aromatic heterocycles. The number of hydrogen-bond acceptors (Lipinski definition) is 4. The number of carbonyl (C=O) groups excluding carboxylic acids is 2. The summed E-state index contributed by atoms with van der Waals surface area (Å²) in [4.78, 5) is 41.9. The summed E-state index contributed by atoms with van der Waals surface area (Å²) in [5, 5.41) is 10.1. The van der Waals surface area contributed by atoms with Gasteiger partial charge in [-0.1, -0.05) is 38.5 Å². The van der Waals surface area contributed by atoms with Crippen LogP contribution in [0.25, 0.3) is 0 Å². The summed E-state index contributed by atoms with van der Waals surface area (Å²) in [5.41, 5.74) is 1.13. The molecule has 1 saturated carbocycles. The molecule has 3 rings (SSSR count). The van der Waals surface area contributed by atoms with E-state index in [1.807, 2.05) is 34.6 Å². The minimum absolute atomic E-state index is 0.00661. The van der Waals surface area contributed by atoms with Crippen molar-refractivity contribution in [3.05, 3.63) is 22.8 Å². The highest BCUT2D eigenvalue weighted by molar-refractivity contribution is 5.97. The molecule has 1 saturated heterocycles. The van der Waals surface area contributed by atoms with Crippen LogP contribution in [-0.4, -0.2) is 53.0 Å². The highest BCUT2D eigenvalue weighted by Gasteiger charge is 2.42. The molecule has 0 radical (unpaired) electrons. The predicted octanol–water partition coefficient (Wildman–Crippen LogP) is 5.03. The van der Waals surface area contributed by atoms with Gasteiger partial charge in [-0.3, -0.25) is 9.59 Å². The van der Waals surface area contributed by atoms with Crippen LogP contribution < -0.4 is 0 Å². The smallest absolute Gasteiger partial charge is 0.332 e. The lowest BCUT2D eigenvalue weighted by atomic mass is 9.72. The number of carboxylic acids is 1. The molecule has 1 amide bonds. The number of amides is 1. The normalized spacial score (nSPS) is 28.6. The van der Waals surface area contributed by atoms with E-state index in [-0.39, 0.29) is 47.2 Å². The van der Waals surface area contributed by atoms with E-state index in [0.29, 0.717) is 30.2 Å². The van der Waals surface area contributed by atoms with Crippen LogP contribution in [0.15, 0.2) is 22.8 Å². The summed E-state index contributed by atoms with van der Waals surface area (Å²) in [7, 11) is 0. The van der Waals surface area contributed by atoms with Gasteiger partial charge < -0.3 is 14.7 Å². The Bertz CT molecular complexity index is 987.